The molecule has 0 bridgehead atoms. The van der Waals surface area contributed by atoms with Crippen LogP contribution in [0.25, 0.3) is 0 Å². The minimum absolute atomic E-state index is 0.583. The van der Waals surface area contributed by atoms with Gasteiger partial charge in [-0.05, 0) is 55.5 Å². The molecule has 0 saturated heterocycles. The molecule has 1 N–H and O–H groups in total. The number of halogens is 1. The van der Waals surface area contributed by atoms with Gasteiger partial charge in [0.1, 0.15) is 0 Å². The fourth-order valence-electron chi connectivity index (χ4n) is 0.415. The molecule has 0 aliphatic heterocycles. The zero-order chi connectivity index (χ0) is 11.2. The normalized spacial score (nSPS) is 10.0. The number of carbonyl (C=O) groups is 1. The monoisotopic (exact) mass is 306 g/mol. The average Bonchev–Trinajstić information content (AvgIpc) is 2.04. The molecule has 1 rings (SSSR count). The molecule has 0 heterocycles. The fraction of sp³-hybridized carbons (Fsp3) is 0.364. The Morgan fingerprint density at radius 2 is 1.57 bits per heavy atom. The van der Waals surface area contributed by atoms with Crippen molar-refractivity contribution in [2.24, 2.45) is 5.41 Å². The van der Waals surface area contributed by atoms with Gasteiger partial charge in [0.05, 0.1) is 5.41 Å². The molecule has 0 amide bonds. The van der Waals surface area contributed by atoms with Crippen molar-refractivity contribution in [1.29, 1.82) is 0 Å². The second-order valence-electron chi connectivity index (χ2n) is 3.85. The van der Waals surface area contributed by atoms with E-state index < -0.39 is 11.4 Å². The summed E-state index contributed by atoms with van der Waals surface area (Å²) in [4.78, 5) is 10.0. The van der Waals surface area contributed by atoms with E-state index in [4.69, 9.17) is 5.11 Å². The average molecular weight is 306 g/mol. The standard InChI is InChI=1S/C6H5I.C5H10O2/c7-6-4-2-1-3-5-6;1-5(2,3)4(6)7/h1-5H;1-3H3,(H,6,7). The lowest BCUT2D eigenvalue weighted by atomic mass is 9.98. The van der Waals surface area contributed by atoms with Crippen molar-refractivity contribution in [3.05, 3.63) is 33.9 Å². The van der Waals surface area contributed by atoms with Crippen LogP contribution in [0.15, 0.2) is 30.3 Å². The van der Waals surface area contributed by atoms with E-state index in [0.29, 0.717) is 0 Å². The van der Waals surface area contributed by atoms with Gasteiger partial charge in [0.15, 0.2) is 0 Å². The first-order valence-electron chi connectivity index (χ1n) is 4.28. The molecule has 78 valence electrons. The molecule has 0 unspecified atom stereocenters. The van der Waals surface area contributed by atoms with E-state index in [9.17, 15) is 4.79 Å². The van der Waals surface area contributed by atoms with Crippen molar-refractivity contribution in [1.82, 2.24) is 0 Å². The highest BCUT2D eigenvalue weighted by atomic mass is 127. The third kappa shape index (κ3) is 6.88. The van der Waals surface area contributed by atoms with Crippen LogP contribution in [0.3, 0.4) is 0 Å². The summed E-state index contributed by atoms with van der Waals surface area (Å²) in [6, 6.07) is 10.2. The summed E-state index contributed by atoms with van der Waals surface area (Å²) < 4.78 is 1.29. The molecule has 0 atom stereocenters. The number of aliphatic carboxylic acids is 1. The second kappa shape index (κ2) is 6.01. The van der Waals surface area contributed by atoms with Crippen LogP contribution >= 0.6 is 22.6 Å². The van der Waals surface area contributed by atoms with Gasteiger partial charge in [-0.3, -0.25) is 4.79 Å². The van der Waals surface area contributed by atoms with Crippen LogP contribution in [0, 0.1) is 8.99 Å². The van der Waals surface area contributed by atoms with Crippen LogP contribution in [-0.2, 0) is 4.79 Å². The van der Waals surface area contributed by atoms with Crippen LogP contribution < -0.4 is 0 Å². The van der Waals surface area contributed by atoms with Crippen LogP contribution in [0.2, 0.25) is 0 Å². The summed E-state index contributed by atoms with van der Waals surface area (Å²) in [5, 5.41) is 8.25. The van der Waals surface area contributed by atoms with Gasteiger partial charge >= 0.3 is 5.97 Å². The minimum Gasteiger partial charge on any atom is -0.481 e. The van der Waals surface area contributed by atoms with Crippen LogP contribution in [0.4, 0.5) is 0 Å². The van der Waals surface area contributed by atoms with Gasteiger partial charge in [0.2, 0.25) is 0 Å². The lowest BCUT2D eigenvalue weighted by Crippen LogP contribution is -2.18. The molecule has 3 heteroatoms. The first-order chi connectivity index (χ1) is 6.34. The SMILES string of the molecule is CC(C)(C)C(=O)O.Ic1ccccc1. The summed E-state index contributed by atoms with van der Waals surface area (Å²) in [6.45, 7) is 4.99. The predicted molar refractivity (Wildman–Crippen MR) is 66.2 cm³/mol. The number of carboxylic acid groups (broad SMARTS) is 1. The van der Waals surface area contributed by atoms with E-state index >= 15 is 0 Å². The molecule has 0 fully saturated rings. The maximum absolute atomic E-state index is 10.0. The van der Waals surface area contributed by atoms with Gasteiger partial charge in [-0.25, -0.2) is 0 Å². The van der Waals surface area contributed by atoms with E-state index in [1.807, 2.05) is 18.2 Å². The molecule has 1 aromatic carbocycles. The zero-order valence-corrected chi connectivity index (χ0v) is 10.8. The van der Waals surface area contributed by atoms with Gasteiger partial charge in [-0.2, -0.15) is 0 Å². The highest BCUT2D eigenvalue weighted by Crippen LogP contribution is 2.11. The Balaban J connectivity index is 0.000000241. The van der Waals surface area contributed by atoms with E-state index in [1.165, 1.54) is 3.57 Å². The van der Waals surface area contributed by atoms with E-state index in [1.54, 1.807) is 20.8 Å². The molecular weight excluding hydrogens is 291 g/mol. The molecular formula is C11H15IO2. The Bertz CT molecular complexity index is 275. The molecule has 0 aliphatic carbocycles. The number of carboxylic acids is 1. The molecule has 0 aromatic heterocycles. The summed E-state index contributed by atoms with van der Waals surface area (Å²) in [7, 11) is 0. The molecule has 0 saturated carbocycles. The maximum atomic E-state index is 10.0. The number of benzene rings is 1. The number of rotatable bonds is 0. The first kappa shape index (κ1) is 13.4. The van der Waals surface area contributed by atoms with Gasteiger partial charge in [0, 0.05) is 3.57 Å². The minimum atomic E-state index is -0.757. The Hall–Kier alpha value is -0.580. The van der Waals surface area contributed by atoms with Crippen LogP contribution in [-0.4, -0.2) is 11.1 Å². The van der Waals surface area contributed by atoms with Gasteiger partial charge in [0.25, 0.3) is 0 Å². The Kier molecular flexibility index (Phi) is 5.76. The Morgan fingerprint density at radius 1 is 1.21 bits per heavy atom. The lowest BCUT2D eigenvalue weighted by Gasteiger charge is -2.08. The predicted octanol–water partition coefficient (Wildman–Crippen LogP) is 3.41. The van der Waals surface area contributed by atoms with Crippen molar-refractivity contribution in [3.8, 4) is 0 Å². The van der Waals surface area contributed by atoms with Crippen molar-refractivity contribution >= 4 is 28.6 Å². The lowest BCUT2D eigenvalue weighted by molar-refractivity contribution is -0.145. The van der Waals surface area contributed by atoms with Crippen molar-refractivity contribution in [2.75, 3.05) is 0 Å². The summed E-state index contributed by atoms with van der Waals surface area (Å²) >= 11 is 2.28. The Morgan fingerprint density at radius 3 is 1.71 bits per heavy atom. The zero-order valence-electron chi connectivity index (χ0n) is 8.62. The highest BCUT2D eigenvalue weighted by Gasteiger charge is 2.18. The first-order valence-corrected chi connectivity index (χ1v) is 5.36. The molecule has 14 heavy (non-hydrogen) atoms. The summed E-state index contributed by atoms with van der Waals surface area (Å²) in [5.74, 6) is -0.757. The van der Waals surface area contributed by atoms with Gasteiger partial charge < -0.3 is 5.11 Å². The maximum Gasteiger partial charge on any atom is 0.308 e. The highest BCUT2D eigenvalue weighted by molar-refractivity contribution is 14.1. The smallest absolute Gasteiger partial charge is 0.308 e. The summed E-state index contributed by atoms with van der Waals surface area (Å²) in [5.41, 5.74) is -0.583. The van der Waals surface area contributed by atoms with Gasteiger partial charge in [-0.15, -0.1) is 0 Å². The number of hydrogen-bond donors (Lipinski definition) is 1. The topological polar surface area (TPSA) is 37.3 Å². The van der Waals surface area contributed by atoms with E-state index in [-0.39, 0.29) is 0 Å². The second-order valence-corrected chi connectivity index (χ2v) is 5.10. The molecule has 1 aromatic rings. The molecule has 0 radical (unpaired) electrons. The van der Waals surface area contributed by atoms with Crippen LogP contribution in [0.1, 0.15) is 20.8 Å². The quantitative estimate of drug-likeness (QED) is 0.746. The van der Waals surface area contributed by atoms with E-state index in [0.717, 1.165) is 0 Å². The summed E-state index contributed by atoms with van der Waals surface area (Å²) in [6.07, 6.45) is 0. The Labute approximate surface area is 98.5 Å². The molecule has 0 aliphatic rings. The van der Waals surface area contributed by atoms with Gasteiger partial charge in [-0.1, -0.05) is 18.2 Å². The largest absolute Gasteiger partial charge is 0.481 e. The molecule has 2 nitrogen and oxygen atoms in total. The van der Waals surface area contributed by atoms with Crippen LogP contribution in [0.5, 0.6) is 0 Å². The third-order valence-corrected chi connectivity index (χ3v) is 2.09. The van der Waals surface area contributed by atoms with Crippen molar-refractivity contribution < 1.29 is 9.90 Å². The number of hydrogen-bond acceptors (Lipinski definition) is 1. The van der Waals surface area contributed by atoms with E-state index in [2.05, 4.69) is 34.7 Å². The molecule has 0 spiro atoms. The van der Waals surface area contributed by atoms with Crippen molar-refractivity contribution in [2.45, 2.75) is 20.8 Å². The third-order valence-electron chi connectivity index (χ3n) is 1.37. The fourth-order valence-corrected chi connectivity index (χ4v) is 0.830. The van der Waals surface area contributed by atoms with Crippen molar-refractivity contribution in [3.63, 3.8) is 0 Å².